The van der Waals surface area contributed by atoms with Crippen LogP contribution in [0.5, 0.6) is 0 Å². The van der Waals surface area contributed by atoms with Crippen molar-refractivity contribution in [2.24, 2.45) is 0 Å². The molecule has 0 fully saturated rings. The third kappa shape index (κ3) is 1.79. The Morgan fingerprint density at radius 2 is 2.27 bits per heavy atom. The zero-order valence-electron chi connectivity index (χ0n) is 7.33. The molecule has 0 unspecified atom stereocenters. The van der Waals surface area contributed by atoms with E-state index in [0.29, 0.717) is 5.69 Å². The summed E-state index contributed by atoms with van der Waals surface area (Å²) in [6, 6.07) is 4.47. The smallest absolute Gasteiger partial charge is 0.337 e. The minimum Gasteiger partial charge on any atom is -0.478 e. The molecule has 1 aromatic heterocycles. The number of hydrogen-bond donors (Lipinski definition) is 1. The van der Waals surface area contributed by atoms with Gasteiger partial charge in [0.05, 0.1) is 16.3 Å². The number of rotatable bonds is 2. The summed E-state index contributed by atoms with van der Waals surface area (Å²) in [6.07, 6.45) is 1.39. The maximum Gasteiger partial charge on any atom is 0.337 e. The van der Waals surface area contributed by atoms with Gasteiger partial charge in [0.15, 0.2) is 0 Å². The zero-order valence-corrected chi connectivity index (χ0v) is 8.09. The summed E-state index contributed by atoms with van der Waals surface area (Å²) in [5, 5.41) is 19.5. The van der Waals surface area contributed by atoms with Gasteiger partial charge in [-0.3, -0.25) is 0 Å². The number of aromatic carboxylic acids is 1. The van der Waals surface area contributed by atoms with Gasteiger partial charge in [0, 0.05) is 0 Å². The summed E-state index contributed by atoms with van der Waals surface area (Å²) < 4.78 is 1.39. The predicted molar refractivity (Wildman–Crippen MR) is 51.1 cm³/mol. The van der Waals surface area contributed by atoms with Crippen molar-refractivity contribution in [1.29, 1.82) is 0 Å². The van der Waals surface area contributed by atoms with E-state index in [1.54, 1.807) is 6.07 Å². The fourth-order valence-electron chi connectivity index (χ4n) is 1.10. The number of hydrogen-bond acceptors (Lipinski definition) is 4. The van der Waals surface area contributed by atoms with Gasteiger partial charge in [0.1, 0.15) is 6.33 Å². The Morgan fingerprint density at radius 1 is 1.47 bits per heavy atom. The van der Waals surface area contributed by atoms with Gasteiger partial charge >= 0.3 is 5.97 Å². The van der Waals surface area contributed by atoms with Crippen molar-refractivity contribution in [2.45, 2.75) is 0 Å². The van der Waals surface area contributed by atoms with E-state index in [4.69, 9.17) is 16.7 Å². The number of tetrazole rings is 1. The number of aromatic nitrogens is 4. The fraction of sp³-hybridized carbons (Fsp3) is 0. The van der Waals surface area contributed by atoms with Gasteiger partial charge in [-0.25, -0.2) is 9.48 Å². The first-order valence-corrected chi connectivity index (χ1v) is 4.32. The molecule has 0 radical (unpaired) electrons. The number of carboxylic acid groups (broad SMARTS) is 1. The van der Waals surface area contributed by atoms with Crippen molar-refractivity contribution in [3.05, 3.63) is 35.1 Å². The molecular weight excluding hydrogens is 220 g/mol. The third-order valence-electron chi connectivity index (χ3n) is 1.80. The number of carbonyl (C=O) groups is 1. The van der Waals surface area contributed by atoms with Crippen molar-refractivity contribution in [1.82, 2.24) is 20.2 Å². The molecule has 0 aliphatic heterocycles. The fourth-order valence-corrected chi connectivity index (χ4v) is 1.36. The quantitative estimate of drug-likeness (QED) is 0.824. The summed E-state index contributed by atoms with van der Waals surface area (Å²) in [7, 11) is 0. The number of carboxylic acids is 1. The Labute approximate surface area is 89.1 Å². The summed E-state index contributed by atoms with van der Waals surface area (Å²) in [6.45, 7) is 0. The van der Waals surface area contributed by atoms with E-state index in [1.807, 2.05) is 0 Å². The summed E-state index contributed by atoms with van der Waals surface area (Å²) >= 11 is 5.78. The first-order valence-electron chi connectivity index (χ1n) is 3.94. The van der Waals surface area contributed by atoms with Crippen LogP contribution in [0, 0.1) is 0 Å². The van der Waals surface area contributed by atoms with Gasteiger partial charge in [0.2, 0.25) is 0 Å². The second kappa shape index (κ2) is 3.66. The molecule has 0 saturated heterocycles. The zero-order chi connectivity index (χ0) is 10.8. The van der Waals surface area contributed by atoms with Crippen LogP contribution in [-0.2, 0) is 0 Å². The maximum absolute atomic E-state index is 10.7. The standard InChI is InChI=1S/C8H5ClN4O2/c9-7-3-5(13-4-10-11-12-13)1-2-6(7)8(14)15/h1-4H,(H,14,15). The molecule has 1 heterocycles. The van der Waals surface area contributed by atoms with Crippen LogP contribution < -0.4 is 0 Å². The first-order chi connectivity index (χ1) is 7.18. The lowest BCUT2D eigenvalue weighted by molar-refractivity contribution is 0.0697. The highest BCUT2D eigenvalue weighted by atomic mass is 35.5. The molecule has 0 saturated carbocycles. The summed E-state index contributed by atoms with van der Waals surface area (Å²) in [5.41, 5.74) is 0.656. The van der Waals surface area contributed by atoms with E-state index in [9.17, 15) is 4.79 Å². The van der Waals surface area contributed by atoms with Gasteiger partial charge < -0.3 is 5.11 Å². The van der Waals surface area contributed by atoms with Crippen molar-refractivity contribution >= 4 is 17.6 Å². The van der Waals surface area contributed by atoms with Crippen LogP contribution in [0.4, 0.5) is 0 Å². The Bertz CT molecular complexity index is 497. The largest absolute Gasteiger partial charge is 0.478 e. The molecule has 0 bridgehead atoms. The Hall–Kier alpha value is -1.95. The van der Waals surface area contributed by atoms with E-state index >= 15 is 0 Å². The lowest BCUT2D eigenvalue weighted by Crippen LogP contribution is -2.00. The lowest BCUT2D eigenvalue weighted by Gasteiger charge is -2.02. The van der Waals surface area contributed by atoms with E-state index in [0.717, 1.165) is 0 Å². The van der Waals surface area contributed by atoms with E-state index < -0.39 is 5.97 Å². The average Bonchev–Trinajstić information content (AvgIpc) is 2.69. The molecule has 6 nitrogen and oxygen atoms in total. The molecule has 0 aliphatic carbocycles. The van der Waals surface area contributed by atoms with Crippen LogP contribution in [-0.4, -0.2) is 31.3 Å². The predicted octanol–water partition coefficient (Wildman–Crippen LogP) is 1.01. The van der Waals surface area contributed by atoms with Crippen molar-refractivity contribution in [3.63, 3.8) is 0 Å². The molecule has 0 atom stereocenters. The van der Waals surface area contributed by atoms with Crippen molar-refractivity contribution < 1.29 is 9.90 Å². The Balaban J connectivity index is 2.47. The second-order valence-corrected chi connectivity index (χ2v) is 3.13. The maximum atomic E-state index is 10.7. The topological polar surface area (TPSA) is 80.9 Å². The molecule has 15 heavy (non-hydrogen) atoms. The summed E-state index contributed by atoms with van der Waals surface area (Å²) in [4.78, 5) is 10.7. The molecule has 0 aliphatic rings. The molecule has 7 heteroatoms. The highest BCUT2D eigenvalue weighted by Crippen LogP contribution is 2.19. The highest BCUT2D eigenvalue weighted by Gasteiger charge is 2.09. The van der Waals surface area contributed by atoms with Gasteiger partial charge in [-0.15, -0.1) is 5.10 Å². The first kappa shape index (κ1) is 9.60. The van der Waals surface area contributed by atoms with Gasteiger partial charge in [-0.1, -0.05) is 11.6 Å². The normalized spacial score (nSPS) is 10.2. The molecule has 0 spiro atoms. The van der Waals surface area contributed by atoms with Crippen LogP contribution in [0.2, 0.25) is 5.02 Å². The van der Waals surface area contributed by atoms with Crippen LogP contribution >= 0.6 is 11.6 Å². The highest BCUT2D eigenvalue weighted by molar-refractivity contribution is 6.33. The molecule has 2 rings (SSSR count). The van der Waals surface area contributed by atoms with Gasteiger partial charge in [-0.05, 0) is 28.6 Å². The Kier molecular flexibility index (Phi) is 2.34. The lowest BCUT2D eigenvalue weighted by atomic mass is 10.2. The molecule has 0 amide bonds. The SMILES string of the molecule is O=C(O)c1ccc(-n2cnnn2)cc1Cl. The van der Waals surface area contributed by atoms with Crippen LogP contribution in [0.25, 0.3) is 5.69 Å². The number of nitrogens with zero attached hydrogens (tertiary/aromatic N) is 4. The van der Waals surface area contributed by atoms with Crippen molar-refractivity contribution in [2.75, 3.05) is 0 Å². The minimum absolute atomic E-state index is 0.0495. The van der Waals surface area contributed by atoms with Crippen molar-refractivity contribution in [3.8, 4) is 5.69 Å². The molecule has 1 N–H and O–H groups in total. The monoisotopic (exact) mass is 224 g/mol. The van der Waals surface area contributed by atoms with Crippen LogP contribution in [0.3, 0.4) is 0 Å². The minimum atomic E-state index is -1.07. The third-order valence-corrected chi connectivity index (χ3v) is 2.11. The van der Waals surface area contributed by atoms with E-state index in [-0.39, 0.29) is 10.6 Å². The second-order valence-electron chi connectivity index (χ2n) is 2.72. The van der Waals surface area contributed by atoms with E-state index in [1.165, 1.54) is 23.1 Å². The number of benzene rings is 1. The molecule has 76 valence electrons. The van der Waals surface area contributed by atoms with Gasteiger partial charge in [0.25, 0.3) is 0 Å². The van der Waals surface area contributed by atoms with Crippen LogP contribution in [0.1, 0.15) is 10.4 Å². The Morgan fingerprint density at radius 3 is 2.80 bits per heavy atom. The van der Waals surface area contributed by atoms with Gasteiger partial charge in [-0.2, -0.15) is 0 Å². The summed E-state index contributed by atoms with van der Waals surface area (Å²) in [5.74, 6) is -1.07. The molecule has 1 aromatic carbocycles. The molecular formula is C8H5ClN4O2. The number of halogens is 1. The van der Waals surface area contributed by atoms with Crippen LogP contribution in [0.15, 0.2) is 24.5 Å². The van der Waals surface area contributed by atoms with E-state index in [2.05, 4.69) is 15.5 Å². The molecule has 2 aromatic rings. The average molecular weight is 225 g/mol.